The van der Waals surface area contributed by atoms with E-state index in [4.69, 9.17) is 32.7 Å². The highest BCUT2D eigenvalue weighted by atomic mass is 35.5. The van der Waals surface area contributed by atoms with Gasteiger partial charge in [-0.1, -0.05) is 59.1 Å². The summed E-state index contributed by atoms with van der Waals surface area (Å²) in [5.74, 6) is -4.54. The van der Waals surface area contributed by atoms with Gasteiger partial charge in [-0.2, -0.15) is 5.01 Å². The molecule has 10 nitrogen and oxygen atoms in total. The number of nitrogens with one attached hydrogen (secondary N) is 1. The Labute approximate surface area is 313 Å². The summed E-state index contributed by atoms with van der Waals surface area (Å²) < 4.78 is 11.0. The Morgan fingerprint density at radius 2 is 1.71 bits per heavy atom. The summed E-state index contributed by atoms with van der Waals surface area (Å²) in [7, 11) is 2.98. The first-order chi connectivity index (χ1) is 25.1. The number of ether oxygens (including phenoxy) is 2. The van der Waals surface area contributed by atoms with E-state index in [2.05, 4.69) is 5.43 Å². The van der Waals surface area contributed by atoms with E-state index in [0.717, 1.165) is 15.5 Å². The summed E-state index contributed by atoms with van der Waals surface area (Å²) in [6.07, 6.45) is 2.41. The lowest BCUT2D eigenvalue weighted by atomic mass is 9.49. The van der Waals surface area contributed by atoms with Crippen molar-refractivity contribution in [2.75, 3.05) is 19.6 Å². The molecule has 4 aromatic rings. The van der Waals surface area contributed by atoms with Gasteiger partial charge in [-0.25, -0.2) is 0 Å². The number of rotatable bonds is 8. The number of carbonyl (C=O) groups is 4. The number of likely N-dealkylation sites (tertiary alicyclic amines) is 1. The van der Waals surface area contributed by atoms with E-state index in [1.54, 1.807) is 55.6 Å². The second kappa shape index (κ2) is 13.0. The summed E-state index contributed by atoms with van der Waals surface area (Å²) >= 11 is 14.2. The first-order valence-corrected chi connectivity index (χ1v) is 18.4. The molecule has 0 radical (unpaired) electrons. The molecule has 6 atom stereocenters. The molecule has 4 amide bonds. The smallest absolute Gasteiger partial charge is 0.260 e. The predicted octanol–water partition coefficient (Wildman–Crippen LogP) is 6.96. The van der Waals surface area contributed by atoms with Crippen molar-refractivity contribution in [1.82, 2.24) is 9.91 Å². The molecule has 1 saturated carbocycles. The molecule has 3 fully saturated rings. The number of imide groups is 2. The molecule has 2 N–H and O–H groups in total. The number of halogens is 2. The number of methoxy groups -OCH3 is 2. The number of hydrogen-bond acceptors (Lipinski definition) is 9. The van der Waals surface area contributed by atoms with Crippen LogP contribution in [0.2, 0.25) is 10.0 Å². The number of anilines is 1. The number of phenols is 1. The van der Waals surface area contributed by atoms with Gasteiger partial charge in [0, 0.05) is 15.8 Å². The van der Waals surface area contributed by atoms with E-state index in [1.165, 1.54) is 35.5 Å². The molecule has 52 heavy (non-hydrogen) atoms. The van der Waals surface area contributed by atoms with E-state index in [0.29, 0.717) is 34.0 Å². The van der Waals surface area contributed by atoms with Crippen LogP contribution in [0.4, 0.5) is 5.69 Å². The number of phenolic OH excluding ortho intramolecular Hbond substituents is 1. The fourth-order valence-corrected chi connectivity index (χ4v) is 10.0. The zero-order chi connectivity index (χ0) is 36.5. The van der Waals surface area contributed by atoms with Crippen molar-refractivity contribution in [3.05, 3.63) is 116 Å². The van der Waals surface area contributed by atoms with Crippen molar-refractivity contribution in [3.8, 4) is 17.2 Å². The number of thiophene rings is 1. The van der Waals surface area contributed by atoms with Gasteiger partial charge in [0.25, 0.3) is 11.8 Å². The Kier molecular flexibility index (Phi) is 8.55. The summed E-state index contributed by atoms with van der Waals surface area (Å²) in [5.41, 5.74) is 3.72. The summed E-state index contributed by atoms with van der Waals surface area (Å²) in [6, 6.07) is 20.4. The Morgan fingerprint density at radius 3 is 2.40 bits per heavy atom. The zero-order valence-electron chi connectivity index (χ0n) is 28.0. The molecule has 3 heterocycles. The van der Waals surface area contributed by atoms with Gasteiger partial charge in [0.2, 0.25) is 11.8 Å². The van der Waals surface area contributed by atoms with Crippen LogP contribution in [0.15, 0.2) is 89.8 Å². The van der Waals surface area contributed by atoms with Crippen molar-refractivity contribution in [2.24, 2.45) is 23.7 Å². The predicted molar refractivity (Wildman–Crippen MR) is 195 cm³/mol. The van der Waals surface area contributed by atoms with Crippen LogP contribution in [-0.2, 0) is 31.1 Å². The molecule has 4 aliphatic rings. The van der Waals surface area contributed by atoms with Crippen LogP contribution in [0.5, 0.6) is 17.2 Å². The van der Waals surface area contributed by atoms with Gasteiger partial charge in [-0.15, -0.1) is 11.3 Å². The Morgan fingerprint density at radius 1 is 0.923 bits per heavy atom. The number of hydrogen-bond donors (Lipinski definition) is 2. The lowest BCUT2D eigenvalue weighted by molar-refractivity contribution is -0.141. The molecule has 3 aromatic carbocycles. The summed E-state index contributed by atoms with van der Waals surface area (Å²) in [5, 5.41) is 14.2. The van der Waals surface area contributed by atoms with Crippen molar-refractivity contribution in [2.45, 2.75) is 30.7 Å². The highest BCUT2D eigenvalue weighted by molar-refractivity contribution is 7.09. The van der Waals surface area contributed by atoms with Crippen LogP contribution < -0.4 is 14.9 Å². The highest BCUT2D eigenvalue weighted by Gasteiger charge is 2.70. The van der Waals surface area contributed by atoms with Crippen LogP contribution in [0.3, 0.4) is 0 Å². The Hall–Kier alpha value is -4.84. The second-order valence-corrected chi connectivity index (χ2v) is 15.4. The highest BCUT2D eigenvalue weighted by Crippen LogP contribution is 2.64. The minimum Gasteiger partial charge on any atom is -0.504 e. The van der Waals surface area contributed by atoms with E-state index in [-0.39, 0.29) is 41.3 Å². The molecule has 2 aliphatic carbocycles. The number of amides is 4. The second-order valence-electron chi connectivity index (χ2n) is 13.5. The molecular formula is C39H33Cl2N3O7S. The van der Waals surface area contributed by atoms with Gasteiger partial charge >= 0.3 is 0 Å². The normalized spacial score (nSPS) is 26.5. The number of allylic oxidation sites excluding steroid dienone is 2. The number of nitrogens with zero attached hydrogens (tertiary/aromatic N) is 2. The summed E-state index contributed by atoms with van der Waals surface area (Å²) in [4.78, 5) is 60.7. The van der Waals surface area contributed by atoms with Gasteiger partial charge in [-0.05, 0) is 83.8 Å². The monoisotopic (exact) mass is 757 g/mol. The first kappa shape index (κ1) is 34.3. The SMILES string of the molecule is COc1ccc(C23C(=O)N(Nc4ccc(Cl)cc4Cl)C(=O)C2CC2C(=CCC4C(=O)N(Cc5cccs5)C(=O)C42)C3c2ccc(O)c(OC)c2)cc1. The zero-order valence-corrected chi connectivity index (χ0v) is 30.4. The Bertz CT molecular complexity index is 2160. The van der Waals surface area contributed by atoms with Crippen molar-refractivity contribution in [3.63, 3.8) is 0 Å². The maximum Gasteiger partial charge on any atom is 0.260 e. The van der Waals surface area contributed by atoms with Crippen LogP contribution >= 0.6 is 34.5 Å². The van der Waals surface area contributed by atoms with Crippen molar-refractivity contribution >= 4 is 63.9 Å². The molecule has 2 aliphatic heterocycles. The molecule has 6 unspecified atom stereocenters. The third kappa shape index (κ3) is 5.12. The van der Waals surface area contributed by atoms with Gasteiger partial charge in [-0.3, -0.25) is 29.5 Å². The largest absolute Gasteiger partial charge is 0.504 e. The average Bonchev–Trinajstić information content (AvgIpc) is 3.81. The van der Waals surface area contributed by atoms with E-state index >= 15 is 4.79 Å². The maximum absolute atomic E-state index is 15.4. The topological polar surface area (TPSA) is 125 Å². The minimum absolute atomic E-state index is 0.0957. The van der Waals surface area contributed by atoms with Gasteiger partial charge in [0.1, 0.15) is 5.75 Å². The number of aromatic hydroxyl groups is 1. The molecule has 13 heteroatoms. The molecule has 8 rings (SSSR count). The van der Waals surface area contributed by atoms with Gasteiger partial charge < -0.3 is 14.6 Å². The van der Waals surface area contributed by atoms with Crippen LogP contribution in [0.25, 0.3) is 0 Å². The summed E-state index contributed by atoms with van der Waals surface area (Å²) in [6.45, 7) is 0.180. The molecule has 1 aromatic heterocycles. The average molecular weight is 759 g/mol. The maximum atomic E-state index is 15.4. The van der Waals surface area contributed by atoms with E-state index in [1.807, 2.05) is 23.6 Å². The minimum atomic E-state index is -1.53. The van der Waals surface area contributed by atoms with Crippen LogP contribution in [0.1, 0.15) is 34.8 Å². The van der Waals surface area contributed by atoms with Gasteiger partial charge in [0.15, 0.2) is 11.5 Å². The standard InChI is InChI=1S/C39H33Cl2N3O7S/c1-50-23-9-6-21(7-10-23)39-28(36(47)44(38(39)49)42-30-13-8-22(40)17-29(30)41)18-27-25(34(39)20-5-14-31(45)32(16-20)51-2)11-12-26-33(27)37(48)43(35(26)46)19-24-4-3-15-52-24/h3-11,13-17,26-28,33-34,42,45H,12,18-19H2,1-2H3. The lowest BCUT2D eigenvalue weighted by Crippen LogP contribution is -2.53. The number of fused-ring (bicyclic) bond motifs is 4. The third-order valence-corrected chi connectivity index (χ3v) is 12.5. The molecular weight excluding hydrogens is 725 g/mol. The Balaban J connectivity index is 1.33. The van der Waals surface area contributed by atoms with Crippen LogP contribution in [0, 0.1) is 23.7 Å². The fraction of sp³-hybridized carbons (Fsp3) is 0.282. The lowest BCUT2D eigenvalue weighted by Gasteiger charge is -2.50. The number of hydrazine groups is 1. The molecule has 2 saturated heterocycles. The van der Waals surface area contributed by atoms with E-state index < -0.39 is 46.8 Å². The van der Waals surface area contributed by atoms with Gasteiger partial charge in [0.05, 0.1) is 54.6 Å². The first-order valence-electron chi connectivity index (χ1n) is 16.8. The number of benzene rings is 3. The van der Waals surface area contributed by atoms with Crippen LogP contribution in [-0.4, -0.2) is 52.9 Å². The quantitative estimate of drug-likeness (QED) is 0.146. The van der Waals surface area contributed by atoms with E-state index in [9.17, 15) is 19.5 Å². The van der Waals surface area contributed by atoms with Crippen molar-refractivity contribution < 1.29 is 33.8 Å². The third-order valence-electron chi connectivity index (χ3n) is 11.1. The molecule has 0 bridgehead atoms. The number of carbonyl (C=O) groups excluding carboxylic acids is 4. The van der Waals surface area contributed by atoms with Crippen molar-refractivity contribution in [1.29, 1.82) is 0 Å². The fourth-order valence-electron chi connectivity index (χ4n) is 8.87. The molecule has 266 valence electrons. The molecule has 0 spiro atoms.